The predicted octanol–water partition coefficient (Wildman–Crippen LogP) is 0.341. The number of carbonyl (C=O) groups is 1. The number of rotatable bonds is 0. The first-order valence-electron chi connectivity index (χ1n) is 1.20. The fourth-order valence-electron chi connectivity index (χ4n) is 0. The molecule has 0 aliphatic heterocycles. The summed E-state index contributed by atoms with van der Waals surface area (Å²) in [4.78, 5) is 9.53. The Bertz CT molecular complexity index is 40.2. The lowest BCUT2D eigenvalue weighted by Gasteiger charge is -1.80. The lowest BCUT2D eigenvalue weighted by molar-refractivity contribution is -0.135. The van der Waals surface area contributed by atoms with Gasteiger partial charge in [0.25, 0.3) is 0 Å². The van der Waals surface area contributed by atoms with Crippen LogP contribution in [0.15, 0.2) is 0 Å². The second kappa shape index (κ2) is 1.76. The van der Waals surface area contributed by atoms with Gasteiger partial charge in [0.15, 0.2) is 0 Å². The zero-order chi connectivity index (χ0) is 4.28. The van der Waals surface area contributed by atoms with Gasteiger partial charge in [0, 0.05) is 6.92 Å². The third-order valence-corrected chi connectivity index (χ3v) is 0.203. The molecule has 0 aromatic heterocycles. The van der Waals surface area contributed by atoms with E-state index >= 15 is 0 Å². The molecule has 2 heteroatoms. The maximum atomic E-state index is 9.53. The van der Waals surface area contributed by atoms with Crippen LogP contribution in [0.5, 0.6) is 0 Å². The Morgan fingerprint density at radius 2 is 2.20 bits per heavy atom. The molecule has 2 nitrogen and oxygen atoms in total. The Labute approximate surface area is 30.7 Å². The zero-order valence-electron chi connectivity index (χ0n) is 3.02. The lowest BCUT2D eigenvalue weighted by Crippen LogP contribution is -1.86. The van der Waals surface area contributed by atoms with Crippen LogP contribution in [0.4, 0.5) is 0 Å². The van der Waals surface area contributed by atoms with E-state index in [0.717, 1.165) is 0 Å². The maximum Gasteiger partial charge on any atom is 0.302 e. The molecule has 0 aromatic rings. The van der Waals surface area contributed by atoms with Gasteiger partial charge in [-0.25, -0.2) is 0 Å². The van der Waals surface area contributed by atoms with Crippen LogP contribution in [0.2, 0.25) is 0 Å². The first-order valence-corrected chi connectivity index (χ1v) is 1.20. The van der Waals surface area contributed by atoms with E-state index in [9.17, 15) is 4.79 Å². The first-order chi connectivity index (χ1) is 2.27. The van der Waals surface area contributed by atoms with Gasteiger partial charge in [0.1, 0.15) is 7.11 Å². The van der Waals surface area contributed by atoms with E-state index < -0.39 is 0 Å². The highest BCUT2D eigenvalue weighted by molar-refractivity contribution is 5.65. The van der Waals surface area contributed by atoms with Gasteiger partial charge in [-0.05, 0) is 0 Å². The van der Waals surface area contributed by atoms with Gasteiger partial charge >= 0.3 is 5.97 Å². The summed E-state index contributed by atoms with van der Waals surface area (Å²) in [6.07, 6.45) is 0. The molecule has 0 aliphatic rings. The van der Waals surface area contributed by atoms with Gasteiger partial charge < -0.3 is 4.74 Å². The second-order valence-corrected chi connectivity index (χ2v) is 0.636. The van der Waals surface area contributed by atoms with Crippen molar-refractivity contribution in [2.24, 2.45) is 0 Å². The normalized spacial score (nSPS) is 6.80. The molecule has 0 N–H and O–H groups in total. The van der Waals surface area contributed by atoms with Crippen molar-refractivity contribution in [3.63, 3.8) is 0 Å². The SMILES string of the molecule is [CH2]OC(C)=O. The highest BCUT2D eigenvalue weighted by Crippen LogP contribution is 1.63. The minimum absolute atomic E-state index is 0.356. The zero-order valence-corrected chi connectivity index (χ0v) is 3.02. The van der Waals surface area contributed by atoms with E-state index in [-0.39, 0.29) is 5.97 Å². The summed E-state index contributed by atoms with van der Waals surface area (Å²) in [5.74, 6) is -0.356. The van der Waals surface area contributed by atoms with Crippen molar-refractivity contribution in [2.75, 3.05) is 0 Å². The maximum absolute atomic E-state index is 9.53. The van der Waals surface area contributed by atoms with Crippen molar-refractivity contribution in [2.45, 2.75) is 6.92 Å². The standard InChI is InChI=1S/C3H5O2/c1-3(4)5-2/h2H2,1H3. The van der Waals surface area contributed by atoms with E-state index in [0.29, 0.717) is 0 Å². The van der Waals surface area contributed by atoms with Gasteiger partial charge in [-0.2, -0.15) is 0 Å². The molecule has 0 unspecified atom stereocenters. The number of hydrogen-bond donors (Lipinski definition) is 0. The van der Waals surface area contributed by atoms with Crippen molar-refractivity contribution >= 4 is 5.97 Å². The third-order valence-electron chi connectivity index (χ3n) is 0.203. The summed E-state index contributed by atoms with van der Waals surface area (Å²) in [5.41, 5.74) is 0. The highest BCUT2D eigenvalue weighted by atomic mass is 16.5. The van der Waals surface area contributed by atoms with E-state index in [2.05, 4.69) is 11.8 Å². The van der Waals surface area contributed by atoms with E-state index in [1.165, 1.54) is 6.92 Å². The minimum atomic E-state index is -0.356. The Balaban J connectivity index is 2.85. The molecule has 29 valence electrons. The highest BCUT2D eigenvalue weighted by Gasteiger charge is 1.76. The molecule has 0 saturated carbocycles. The van der Waals surface area contributed by atoms with Crippen LogP contribution in [0.1, 0.15) is 6.92 Å². The fraction of sp³-hybridized carbons (Fsp3) is 0.333. The van der Waals surface area contributed by atoms with Gasteiger partial charge in [-0.3, -0.25) is 4.79 Å². The Kier molecular flexibility index (Phi) is 1.57. The van der Waals surface area contributed by atoms with Crippen LogP contribution in [0.3, 0.4) is 0 Å². The molecule has 0 fully saturated rings. The quantitative estimate of drug-likeness (QED) is 0.386. The molecule has 0 amide bonds. The van der Waals surface area contributed by atoms with Crippen LogP contribution in [-0.4, -0.2) is 5.97 Å². The second-order valence-electron chi connectivity index (χ2n) is 0.636. The molecule has 0 atom stereocenters. The van der Waals surface area contributed by atoms with Crippen LogP contribution in [0.25, 0.3) is 0 Å². The molecule has 0 rings (SSSR count). The van der Waals surface area contributed by atoms with E-state index in [1.807, 2.05) is 0 Å². The Morgan fingerprint density at radius 1 is 2.00 bits per heavy atom. The average molecular weight is 73.1 g/mol. The third kappa shape index (κ3) is 3.47. The monoisotopic (exact) mass is 73.0 g/mol. The first kappa shape index (κ1) is 4.47. The summed E-state index contributed by atoms with van der Waals surface area (Å²) in [5, 5.41) is 0. The van der Waals surface area contributed by atoms with E-state index in [1.54, 1.807) is 0 Å². The van der Waals surface area contributed by atoms with Gasteiger partial charge in [0.05, 0.1) is 0 Å². The van der Waals surface area contributed by atoms with Crippen molar-refractivity contribution in [3.05, 3.63) is 7.11 Å². The summed E-state index contributed by atoms with van der Waals surface area (Å²) in [6, 6.07) is 0. The number of carbonyl (C=O) groups excluding carboxylic acids is 1. The molecule has 5 heavy (non-hydrogen) atoms. The summed E-state index contributed by atoms with van der Waals surface area (Å²) >= 11 is 0. The molecule has 0 aliphatic carbocycles. The number of ether oxygens (including phenoxy) is 1. The molecule has 0 bridgehead atoms. The fourth-order valence-corrected chi connectivity index (χ4v) is 0. The molecular formula is C3H5O2. The van der Waals surface area contributed by atoms with Gasteiger partial charge in [-0.15, -0.1) is 0 Å². The number of esters is 1. The molecule has 1 radical (unpaired) electrons. The van der Waals surface area contributed by atoms with Crippen molar-refractivity contribution < 1.29 is 9.53 Å². The van der Waals surface area contributed by atoms with Crippen molar-refractivity contribution in [1.82, 2.24) is 0 Å². The van der Waals surface area contributed by atoms with Crippen LogP contribution < -0.4 is 0 Å². The topological polar surface area (TPSA) is 26.3 Å². The molecule has 0 heterocycles. The minimum Gasteiger partial charge on any atom is -0.462 e. The molecule has 0 aromatic carbocycles. The molecule has 0 spiro atoms. The Hall–Kier alpha value is -0.530. The van der Waals surface area contributed by atoms with Crippen LogP contribution in [0, 0.1) is 7.11 Å². The lowest BCUT2D eigenvalue weighted by atomic mass is 10.8. The van der Waals surface area contributed by atoms with Crippen molar-refractivity contribution in [1.29, 1.82) is 0 Å². The van der Waals surface area contributed by atoms with Crippen LogP contribution in [-0.2, 0) is 9.53 Å². The van der Waals surface area contributed by atoms with Crippen LogP contribution >= 0.6 is 0 Å². The number of hydrogen-bond acceptors (Lipinski definition) is 2. The molecular weight excluding hydrogens is 68.0 g/mol. The van der Waals surface area contributed by atoms with E-state index in [4.69, 9.17) is 0 Å². The average Bonchev–Trinajstić information content (AvgIpc) is 1.38. The molecule has 0 saturated heterocycles. The Morgan fingerprint density at radius 3 is 2.20 bits per heavy atom. The smallest absolute Gasteiger partial charge is 0.302 e. The summed E-state index contributed by atoms with van der Waals surface area (Å²) in [7, 11) is 2.84. The van der Waals surface area contributed by atoms with Crippen molar-refractivity contribution in [3.8, 4) is 0 Å². The predicted molar refractivity (Wildman–Crippen MR) is 17.1 cm³/mol. The van der Waals surface area contributed by atoms with Gasteiger partial charge in [0.2, 0.25) is 0 Å². The van der Waals surface area contributed by atoms with Gasteiger partial charge in [-0.1, -0.05) is 0 Å². The summed E-state index contributed by atoms with van der Waals surface area (Å²) < 4.78 is 3.86. The largest absolute Gasteiger partial charge is 0.462 e. The summed E-state index contributed by atoms with van der Waals surface area (Å²) in [6.45, 7) is 1.30.